The Kier molecular flexibility index (Phi) is 5.79. The summed E-state index contributed by atoms with van der Waals surface area (Å²) in [5, 5.41) is 14.5. The summed E-state index contributed by atoms with van der Waals surface area (Å²) in [4.78, 5) is 26.3. The summed E-state index contributed by atoms with van der Waals surface area (Å²) in [5.74, 6) is -0.196. The number of esters is 1. The summed E-state index contributed by atoms with van der Waals surface area (Å²) < 4.78 is 11.7. The molecule has 0 bridgehead atoms. The second-order valence-corrected chi connectivity index (χ2v) is 7.07. The van der Waals surface area contributed by atoms with Crippen molar-refractivity contribution in [2.75, 3.05) is 19.5 Å². The maximum atomic E-state index is 13.5. The van der Waals surface area contributed by atoms with E-state index in [1.165, 1.54) is 7.11 Å². The zero-order valence-corrected chi connectivity index (χ0v) is 18.0. The molecule has 0 amide bonds. The van der Waals surface area contributed by atoms with Crippen molar-refractivity contribution in [2.24, 2.45) is 0 Å². The predicted octanol–water partition coefficient (Wildman–Crippen LogP) is 3.69. The second-order valence-electron chi connectivity index (χ2n) is 7.07. The molecule has 164 valence electrons. The summed E-state index contributed by atoms with van der Waals surface area (Å²) in [5.41, 5.74) is 7.28. The Morgan fingerprint density at radius 2 is 1.82 bits per heavy atom. The Bertz CT molecular complexity index is 1470. The van der Waals surface area contributed by atoms with Crippen molar-refractivity contribution < 1.29 is 14.3 Å². The number of anilines is 1. The summed E-state index contributed by atoms with van der Waals surface area (Å²) in [7, 11) is 1.51. The molecule has 33 heavy (non-hydrogen) atoms. The molecular weight excluding hydrogens is 420 g/mol. The highest BCUT2D eigenvalue weighted by Gasteiger charge is 2.25. The number of hydrogen-bond donors (Lipinski definition) is 1. The number of carbonyl (C=O) groups is 1. The third kappa shape index (κ3) is 3.66. The van der Waals surface area contributed by atoms with E-state index in [1.54, 1.807) is 67.6 Å². The molecule has 0 aliphatic carbocycles. The zero-order chi connectivity index (χ0) is 23.5. The molecule has 2 N–H and O–H groups in total. The molecule has 8 nitrogen and oxygen atoms in total. The highest BCUT2D eigenvalue weighted by molar-refractivity contribution is 6.09. The average Bonchev–Trinajstić information content (AvgIpc) is 2.84. The minimum atomic E-state index is -0.706. The Balaban J connectivity index is 2.17. The number of fused-ring (bicyclic) bond motifs is 1. The largest absolute Gasteiger partial charge is 0.496 e. The van der Waals surface area contributed by atoms with Gasteiger partial charge in [-0.15, -0.1) is 0 Å². The lowest BCUT2D eigenvalue weighted by Crippen LogP contribution is -2.26. The topological polar surface area (TPSA) is 120 Å². The molecular formula is C25H20N4O4. The molecule has 0 aliphatic rings. The average molecular weight is 440 g/mol. The number of benzene rings is 3. The number of hydrogen-bond acceptors (Lipinski definition) is 7. The highest BCUT2D eigenvalue weighted by atomic mass is 16.5. The van der Waals surface area contributed by atoms with Gasteiger partial charge in [-0.1, -0.05) is 36.4 Å². The molecule has 3 aromatic carbocycles. The highest BCUT2D eigenvalue weighted by Crippen LogP contribution is 2.38. The molecule has 1 heterocycles. The molecule has 0 saturated heterocycles. The summed E-state index contributed by atoms with van der Waals surface area (Å²) in [6.07, 6.45) is 0. The van der Waals surface area contributed by atoms with Crippen molar-refractivity contribution >= 4 is 22.4 Å². The van der Waals surface area contributed by atoms with Crippen LogP contribution < -0.4 is 16.0 Å². The Hall–Kier alpha value is -4.64. The smallest absolute Gasteiger partial charge is 0.359 e. The summed E-state index contributed by atoms with van der Waals surface area (Å²) >= 11 is 0. The molecule has 0 radical (unpaired) electrons. The molecule has 1 aromatic heterocycles. The first kappa shape index (κ1) is 21.6. The first-order chi connectivity index (χ1) is 16.0. The SMILES string of the molecule is CCOC(=O)c1nn(-c2ccccc2)c(=O)c2c(N)c(C#N)c(-c3ccccc3OC)cc12. The van der Waals surface area contributed by atoms with Gasteiger partial charge >= 0.3 is 5.97 Å². The van der Waals surface area contributed by atoms with Crippen LogP contribution in [-0.2, 0) is 4.74 Å². The van der Waals surface area contributed by atoms with Crippen LogP contribution in [0.5, 0.6) is 5.75 Å². The number of nitrogens with two attached hydrogens (primary N) is 1. The van der Waals surface area contributed by atoms with E-state index >= 15 is 0 Å². The lowest BCUT2D eigenvalue weighted by molar-refractivity contribution is 0.0520. The minimum Gasteiger partial charge on any atom is -0.496 e. The van der Waals surface area contributed by atoms with Gasteiger partial charge in [0.2, 0.25) is 0 Å². The van der Waals surface area contributed by atoms with Crippen LogP contribution in [0.15, 0.2) is 65.5 Å². The van der Waals surface area contributed by atoms with E-state index in [4.69, 9.17) is 15.2 Å². The number of para-hydroxylation sites is 2. The number of carbonyl (C=O) groups excluding carboxylic acids is 1. The van der Waals surface area contributed by atoms with E-state index in [-0.39, 0.29) is 34.3 Å². The Morgan fingerprint density at radius 1 is 1.12 bits per heavy atom. The molecule has 8 heteroatoms. The third-order valence-corrected chi connectivity index (χ3v) is 5.21. The number of aromatic nitrogens is 2. The molecule has 0 saturated carbocycles. The van der Waals surface area contributed by atoms with Gasteiger partial charge in [0.25, 0.3) is 5.56 Å². The van der Waals surface area contributed by atoms with Crippen LogP contribution >= 0.6 is 0 Å². The maximum Gasteiger partial charge on any atom is 0.359 e. The van der Waals surface area contributed by atoms with Crippen molar-refractivity contribution in [3.63, 3.8) is 0 Å². The van der Waals surface area contributed by atoms with Gasteiger partial charge in [0.1, 0.15) is 11.8 Å². The predicted molar refractivity (Wildman–Crippen MR) is 124 cm³/mol. The van der Waals surface area contributed by atoms with Crippen LogP contribution in [0.4, 0.5) is 5.69 Å². The number of methoxy groups -OCH3 is 1. The monoisotopic (exact) mass is 440 g/mol. The second kappa shape index (κ2) is 8.85. The van der Waals surface area contributed by atoms with E-state index in [1.807, 2.05) is 0 Å². The fraction of sp³-hybridized carbons (Fsp3) is 0.120. The van der Waals surface area contributed by atoms with Crippen LogP contribution in [0.3, 0.4) is 0 Å². The van der Waals surface area contributed by atoms with Gasteiger partial charge in [0.15, 0.2) is 5.69 Å². The number of nitrogen functional groups attached to an aromatic ring is 1. The molecule has 4 aromatic rings. The molecule has 0 fully saturated rings. The van der Waals surface area contributed by atoms with Crippen molar-refractivity contribution in [1.29, 1.82) is 5.26 Å². The molecule has 0 unspecified atom stereocenters. The molecule has 0 aliphatic heterocycles. The van der Waals surface area contributed by atoms with Crippen LogP contribution in [0, 0.1) is 11.3 Å². The van der Waals surface area contributed by atoms with E-state index in [9.17, 15) is 14.9 Å². The quantitative estimate of drug-likeness (QED) is 0.371. The van der Waals surface area contributed by atoms with Crippen LogP contribution in [0.2, 0.25) is 0 Å². The summed E-state index contributed by atoms with van der Waals surface area (Å²) in [6, 6.07) is 19.4. The zero-order valence-electron chi connectivity index (χ0n) is 18.0. The number of ether oxygens (including phenoxy) is 2. The van der Waals surface area contributed by atoms with Gasteiger partial charge in [-0.25, -0.2) is 4.79 Å². The fourth-order valence-electron chi connectivity index (χ4n) is 3.72. The van der Waals surface area contributed by atoms with Gasteiger partial charge in [0.05, 0.1) is 36.0 Å². The number of rotatable bonds is 5. The van der Waals surface area contributed by atoms with Gasteiger partial charge in [-0.3, -0.25) is 4.79 Å². The Morgan fingerprint density at radius 3 is 2.48 bits per heavy atom. The van der Waals surface area contributed by atoms with Crippen molar-refractivity contribution in [2.45, 2.75) is 6.92 Å². The van der Waals surface area contributed by atoms with Gasteiger partial charge in [0, 0.05) is 16.5 Å². The van der Waals surface area contributed by atoms with Crippen molar-refractivity contribution in [3.8, 4) is 28.6 Å². The normalized spacial score (nSPS) is 10.6. The maximum absolute atomic E-state index is 13.5. The molecule has 0 spiro atoms. The fourth-order valence-corrected chi connectivity index (χ4v) is 3.72. The van der Waals surface area contributed by atoms with Crippen molar-refractivity contribution in [3.05, 3.63) is 82.3 Å². The standard InChI is InChI=1S/C25H20N4O4/c1-3-33-25(31)23-18-13-17(16-11-7-8-12-20(16)32-2)19(14-26)22(27)21(18)24(30)29(28-23)15-9-5-4-6-10-15/h4-13H,3,27H2,1-2H3. The lowest BCUT2D eigenvalue weighted by atomic mass is 9.93. The Labute approximate surface area is 189 Å². The number of nitrogens with zero attached hydrogens (tertiary/aromatic N) is 3. The third-order valence-electron chi connectivity index (χ3n) is 5.21. The first-order valence-corrected chi connectivity index (χ1v) is 10.2. The van der Waals surface area contributed by atoms with Gasteiger partial charge in [-0.05, 0) is 31.2 Å². The number of nitriles is 1. The van der Waals surface area contributed by atoms with Crippen LogP contribution in [0.25, 0.3) is 27.6 Å². The van der Waals surface area contributed by atoms with Gasteiger partial charge in [-0.2, -0.15) is 15.0 Å². The van der Waals surface area contributed by atoms with E-state index < -0.39 is 11.5 Å². The lowest BCUT2D eigenvalue weighted by Gasteiger charge is -2.16. The van der Waals surface area contributed by atoms with Crippen molar-refractivity contribution in [1.82, 2.24) is 9.78 Å². The van der Waals surface area contributed by atoms with E-state index in [0.717, 1.165) is 4.68 Å². The van der Waals surface area contributed by atoms with E-state index in [2.05, 4.69) is 11.2 Å². The summed E-state index contributed by atoms with van der Waals surface area (Å²) in [6.45, 7) is 1.80. The van der Waals surface area contributed by atoms with Crippen LogP contribution in [0.1, 0.15) is 23.0 Å². The molecule has 4 rings (SSSR count). The first-order valence-electron chi connectivity index (χ1n) is 10.2. The van der Waals surface area contributed by atoms with E-state index in [0.29, 0.717) is 22.6 Å². The minimum absolute atomic E-state index is 0.0205. The van der Waals surface area contributed by atoms with Gasteiger partial charge < -0.3 is 15.2 Å². The van der Waals surface area contributed by atoms with Crippen LogP contribution in [-0.4, -0.2) is 29.5 Å². The molecule has 0 atom stereocenters.